The Bertz CT molecular complexity index is 368. The van der Waals surface area contributed by atoms with E-state index in [2.05, 4.69) is 22.5 Å². The van der Waals surface area contributed by atoms with Crippen molar-refractivity contribution < 1.29 is 9.90 Å². The van der Waals surface area contributed by atoms with Crippen molar-refractivity contribution in [3.8, 4) is 0 Å². The third-order valence-electron chi connectivity index (χ3n) is 2.40. The van der Waals surface area contributed by atoms with Gasteiger partial charge in [0.05, 0.1) is 11.8 Å². The maximum absolute atomic E-state index is 11.5. The van der Waals surface area contributed by atoms with E-state index in [-0.39, 0.29) is 12.6 Å². The van der Waals surface area contributed by atoms with Gasteiger partial charge in [0.2, 0.25) is 0 Å². The molecule has 0 fully saturated rings. The van der Waals surface area contributed by atoms with Crippen molar-refractivity contribution in [2.45, 2.75) is 45.6 Å². The fourth-order valence-electron chi connectivity index (χ4n) is 1.52. The Morgan fingerprint density at radius 2 is 2.28 bits per heavy atom. The molecule has 0 aliphatic heterocycles. The molecule has 0 saturated carbocycles. The van der Waals surface area contributed by atoms with Crippen LogP contribution in [0.1, 0.15) is 38.8 Å². The van der Waals surface area contributed by atoms with Gasteiger partial charge in [0.25, 0.3) is 0 Å². The van der Waals surface area contributed by atoms with Crippen molar-refractivity contribution >= 4 is 22.5 Å². The van der Waals surface area contributed by atoms with Crippen LogP contribution in [0.3, 0.4) is 0 Å². The van der Waals surface area contributed by atoms with E-state index >= 15 is 0 Å². The van der Waals surface area contributed by atoms with Gasteiger partial charge in [-0.05, 0) is 12.8 Å². The molecule has 6 heteroatoms. The van der Waals surface area contributed by atoms with Gasteiger partial charge in [-0.1, -0.05) is 26.7 Å². The molecule has 1 atom stereocenters. The van der Waals surface area contributed by atoms with Crippen molar-refractivity contribution in [1.82, 2.24) is 10.3 Å². The maximum Gasteiger partial charge on any atom is 0.321 e. The van der Waals surface area contributed by atoms with Crippen molar-refractivity contribution in [2.75, 3.05) is 11.9 Å². The van der Waals surface area contributed by atoms with Crippen molar-refractivity contribution in [1.29, 1.82) is 0 Å². The molecule has 0 aliphatic rings. The standard InChI is InChI=1S/C12H21N3O2S/c1-3-5-9-8-18-12(14-9)15-11(17)13-7-10(16)6-4-2/h8,10,16H,3-7H2,1-2H3,(H2,13,14,15,17). The molecule has 1 unspecified atom stereocenters. The predicted octanol–water partition coefficient (Wildman–Crippen LogP) is 2.38. The van der Waals surface area contributed by atoms with Crippen LogP contribution >= 0.6 is 11.3 Å². The molecular formula is C12H21N3O2S. The van der Waals surface area contributed by atoms with Gasteiger partial charge < -0.3 is 10.4 Å². The third-order valence-corrected chi connectivity index (χ3v) is 3.21. The predicted molar refractivity (Wildman–Crippen MR) is 74.0 cm³/mol. The molecule has 18 heavy (non-hydrogen) atoms. The molecule has 1 aromatic heterocycles. The number of aryl methyl sites for hydroxylation is 1. The minimum Gasteiger partial charge on any atom is -0.391 e. The minimum absolute atomic E-state index is 0.271. The van der Waals surface area contributed by atoms with Crippen molar-refractivity contribution in [2.24, 2.45) is 0 Å². The molecule has 1 aromatic rings. The van der Waals surface area contributed by atoms with Crippen LogP contribution in [-0.2, 0) is 6.42 Å². The lowest BCUT2D eigenvalue weighted by Gasteiger charge is -2.10. The molecule has 3 N–H and O–H groups in total. The highest BCUT2D eigenvalue weighted by molar-refractivity contribution is 7.13. The zero-order chi connectivity index (χ0) is 13.4. The smallest absolute Gasteiger partial charge is 0.321 e. The molecule has 0 bridgehead atoms. The number of anilines is 1. The fraction of sp³-hybridized carbons (Fsp3) is 0.667. The van der Waals surface area contributed by atoms with Crippen LogP contribution in [0.4, 0.5) is 9.93 Å². The minimum atomic E-state index is -0.479. The quantitative estimate of drug-likeness (QED) is 0.713. The summed E-state index contributed by atoms with van der Waals surface area (Å²) in [5, 5.41) is 17.3. The summed E-state index contributed by atoms with van der Waals surface area (Å²) in [6.07, 6.45) is 3.08. The Morgan fingerprint density at radius 3 is 2.94 bits per heavy atom. The maximum atomic E-state index is 11.5. The van der Waals surface area contributed by atoms with Gasteiger partial charge >= 0.3 is 6.03 Å². The molecule has 1 heterocycles. The van der Waals surface area contributed by atoms with Gasteiger partial charge in [0, 0.05) is 11.9 Å². The molecule has 102 valence electrons. The van der Waals surface area contributed by atoms with Crippen LogP contribution in [0, 0.1) is 0 Å². The summed E-state index contributed by atoms with van der Waals surface area (Å²) in [4.78, 5) is 15.8. The highest BCUT2D eigenvalue weighted by atomic mass is 32.1. The van der Waals surface area contributed by atoms with Crippen LogP contribution in [0.15, 0.2) is 5.38 Å². The SMILES string of the molecule is CCCc1csc(NC(=O)NCC(O)CCC)n1. The van der Waals surface area contributed by atoms with Crippen LogP contribution in [0.5, 0.6) is 0 Å². The first-order valence-electron chi connectivity index (χ1n) is 6.33. The summed E-state index contributed by atoms with van der Waals surface area (Å²) >= 11 is 1.42. The molecule has 5 nitrogen and oxygen atoms in total. The van der Waals surface area contributed by atoms with E-state index in [1.165, 1.54) is 11.3 Å². The number of nitrogens with zero attached hydrogens (tertiary/aromatic N) is 1. The average molecular weight is 271 g/mol. The first-order chi connectivity index (χ1) is 8.65. The van der Waals surface area contributed by atoms with E-state index in [1.807, 2.05) is 12.3 Å². The second-order valence-electron chi connectivity index (χ2n) is 4.17. The number of aliphatic hydroxyl groups is 1. The molecule has 1 rings (SSSR count). The van der Waals surface area contributed by atoms with E-state index < -0.39 is 6.10 Å². The third kappa shape index (κ3) is 5.46. The lowest BCUT2D eigenvalue weighted by Crippen LogP contribution is -2.35. The Hall–Kier alpha value is -1.14. The molecular weight excluding hydrogens is 250 g/mol. The van der Waals surface area contributed by atoms with Crippen LogP contribution in [0.25, 0.3) is 0 Å². The van der Waals surface area contributed by atoms with E-state index in [9.17, 15) is 9.90 Å². The van der Waals surface area contributed by atoms with Gasteiger partial charge in [-0.15, -0.1) is 11.3 Å². The number of carbonyl (C=O) groups is 1. The number of hydrogen-bond donors (Lipinski definition) is 3. The summed E-state index contributed by atoms with van der Waals surface area (Å²) < 4.78 is 0. The Labute approximate surface area is 112 Å². The number of urea groups is 1. The summed E-state index contributed by atoms with van der Waals surface area (Å²) in [6.45, 7) is 4.36. The molecule has 2 amide bonds. The van der Waals surface area contributed by atoms with E-state index in [4.69, 9.17) is 0 Å². The van der Waals surface area contributed by atoms with E-state index in [0.29, 0.717) is 11.6 Å². The van der Waals surface area contributed by atoms with Gasteiger partial charge in [-0.2, -0.15) is 0 Å². The highest BCUT2D eigenvalue weighted by Crippen LogP contribution is 2.16. The largest absolute Gasteiger partial charge is 0.391 e. The van der Waals surface area contributed by atoms with Crippen molar-refractivity contribution in [3.63, 3.8) is 0 Å². The Balaban J connectivity index is 2.30. The summed E-state index contributed by atoms with van der Waals surface area (Å²) in [7, 11) is 0. The van der Waals surface area contributed by atoms with Crippen molar-refractivity contribution in [3.05, 3.63) is 11.1 Å². The first kappa shape index (κ1) is 14.9. The number of amides is 2. The number of thiazole rings is 1. The monoisotopic (exact) mass is 271 g/mol. The topological polar surface area (TPSA) is 74.2 Å². The lowest BCUT2D eigenvalue weighted by molar-refractivity contribution is 0.162. The molecule has 0 spiro atoms. The zero-order valence-electron chi connectivity index (χ0n) is 10.9. The normalized spacial score (nSPS) is 12.2. The van der Waals surface area contributed by atoms with Gasteiger partial charge in [-0.25, -0.2) is 9.78 Å². The molecule has 0 saturated heterocycles. The Morgan fingerprint density at radius 1 is 1.50 bits per heavy atom. The zero-order valence-corrected chi connectivity index (χ0v) is 11.7. The van der Waals surface area contributed by atoms with E-state index in [1.54, 1.807) is 0 Å². The number of rotatable bonds is 7. The molecule has 0 aromatic carbocycles. The molecule has 0 aliphatic carbocycles. The van der Waals surface area contributed by atoms with Gasteiger partial charge in [0.1, 0.15) is 0 Å². The lowest BCUT2D eigenvalue weighted by atomic mass is 10.2. The number of nitrogens with one attached hydrogen (secondary N) is 2. The second kappa shape index (κ2) is 8.05. The second-order valence-corrected chi connectivity index (χ2v) is 5.03. The van der Waals surface area contributed by atoms with Crippen LogP contribution in [0.2, 0.25) is 0 Å². The average Bonchev–Trinajstić information content (AvgIpc) is 2.75. The fourth-order valence-corrected chi connectivity index (χ4v) is 2.26. The molecule has 0 radical (unpaired) electrons. The number of carbonyl (C=O) groups excluding carboxylic acids is 1. The first-order valence-corrected chi connectivity index (χ1v) is 7.21. The summed E-state index contributed by atoms with van der Waals surface area (Å²) in [5.41, 5.74) is 1.00. The van der Waals surface area contributed by atoms with Gasteiger partial charge in [0.15, 0.2) is 5.13 Å². The van der Waals surface area contributed by atoms with E-state index in [0.717, 1.165) is 25.0 Å². The Kier molecular flexibility index (Phi) is 6.67. The number of aliphatic hydroxyl groups excluding tert-OH is 1. The van der Waals surface area contributed by atoms with Crippen LogP contribution < -0.4 is 10.6 Å². The summed E-state index contributed by atoms with van der Waals surface area (Å²) in [5.74, 6) is 0. The van der Waals surface area contributed by atoms with Crippen LogP contribution in [-0.4, -0.2) is 28.8 Å². The highest BCUT2D eigenvalue weighted by Gasteiger charge is 2.08. The van der Waals surface area contributed by atoms with Gasteiger partial charge in [-0.3, -0.25) is 5.32 Å². The summed E-state index contributed by atoms with van der Waals surface area (Å²) in [6, 6.07) is -0.317. The number of hydrogen-bond acceptors (Lipinski definition) is 4. The number of aromatic nitrogens is 1.